The van der Waals surface area contributed by atoms with Crippen molar-refractivity contribution in [2.75, 3.05) is 5.73 Å². The van der Waals surface area contributed by atoms with E-state index in [-0.39, 0.29) is 22.2 Å². The molecule has 0 aliphatic rings. The fourth-order valence-corrected chi connectivity index (χ4v) is 1.64. The number of halogens is 3. The molecule has 6 heteroatoms. The molecule has 1 aromatic heterocycles. The largest absolute Gasteiger partial charge is 0.380 e. The monoisotopic (exact) mass is 290 g/mol. The van der Waals surface area contributed by atoms with Gasteiger partial charge in [-0.3, -0.25) is 0 Å². The fraction of sp³-hybridized carbons (Fsp3) is 0. The second-order valence-electron chi connectivity index (χ2n) is 2.84. The van der Waals surface area contributed by atoms with Gasteiger partial charge < -0.3 is 10.3 Å². The van der Waals surface area contributed by atoms with Gasteiger partial charge in [-0.2, -0.15) is 0 Å². The normalized spacial score (nSPS) is 10.6. The smallest absolute Gasteiger partial charge is 0.190 e. The van der Waals surface area contributed by atoms with E-state index in [1.54, 1.807) is 6.07 Å². The number of hydrogen-bond donors (Lipinski definition) is 1. The molecule has 0 saturated heterocycles. The van der Waals surface area contributed by atoms with Crippen LogP contribution in [0, 0.1) is 5.82 Å². The van der Waals surface area contributed by atoms with Crippen molar-refractivity contribution in [2.45, 2.75) is 0 Å². The molecule has 2 aromatic rings. The molecule has 3 nitrogen and oxygen atoms in total. The summed E-state index contributed by atoms with van der Waals surface area (Å²) in [6.07, 6.45) is 0. The van der Waals surface area contributed by atoms with Gasteiger partial charge in [0.15, 0.2) is 11.6 Å². The molecule has 0 amide bonds. The van der Waals surface area contributed by atoms with Crippen molar-refractivity contribution >= 4 is 33.3 Å². The van der Waals surface area contributed by atoms with Crippen LogP contribution in [0.4, 0.5) is 10.2 Å². The first kappa shape index (κ1) is 10.4. The highest BCUT2D eigenvalue weighted by atomic mass is 79.9. The molecule has 15 heavy (non-hydrogen) atoms. The Morgan fingerprint density at radius 2 is 2.20 bits per heavy atom. The summed E-state index contributed by atoms with van der Waals surface area (Å²) < 4.78 is 19.0. The lowest BCUT2D eigenvalue weighted by atomic mass is 10.1. The van der Waals surface area contributed by atoms with Crippen LogP contribution in [0.25, 0.3) is 11.3 Å². The maximum atomic E-state index is 13.5. The number of nitrogens with zero attached hydrogens (tertiary/aromatic N) is 1. The van der Waals surface area contributed by atoms with Gasteiger partial charge in [0.2, 0.25) is 0 Å². The molecule has 1 heterocycles. The number of aromatic nitrogens is 1. The van der Waals surface area contributed by atoms with Gasteiger partial charge >= 0.3 is 0 Å². The Bertz CT molecular complexity index is 515. The quantitative estimate of drug-likeness (QED) is 0.875. The lowest BCUT2D eigenvalue weighted by Gasteiger charge is -1.99. The third-order valence-corrected chi connectivity index (χ3v) is 2.69. The first-order chi connectivity index (χ1) is 7.09. The first-order valence-electron chi connectivity index (χ1n) is 3.95. The van der Waals surface area contributed by atoms with Crippen LogP contribution in [0.3, 0.4) is 0 Å². The summed E-state index contributed by atoms with van der Waals surface area (Å²) in [7, 11) is 0. The van der Waals surface area contributed by atoms with Crippen molar-refractivity contribution < 1.29 is 8.91 Å². The molecule has 0 atom stereocenters. The molecule has 0 spiro atoms. The van der Waals surface area contributed by atoms with Crippen molar-refractivity contribution in [3.63, 3.8) is 0 Å². The summed E-state index contributed by atoms with van der Waals surface area (Å²) >= 11 is 8.94. The molecule has 0 unspecified atom stereocenters. The average molecular weight is 292 g/mol. The molecule has 2 rings (SSSR count). The predicted molar refractivity (Wildman–Crippen MR) is 59.0 cm³/mol. The zero-order chi connectivity index (χ0) is 11.0. The molecule has 0 aliphatic heterocycles. The minimum atomic E-state index is -0.456. The third-order valence-electron chi connectivity index (χ3n) is 1.84. The zero-order valence-electron chi connectivity index (χ0n) is 7.30. The Morgan fingerprint density at radius 1 is 1.47 bits per heavy atom. The van der Waals surface area contributed by atoms with E-state index in [4.69, 9.17) is 21.9 Å². The second-order valence-corrected chi connectivity index (χ2v) is 4.13. The Kier molecular flexibility index (Phi) is 2.67. The van der Waals surface area contributed by atoms with E-state index in [1.807, 2.05) is 0 Å². The molecule has 0 saturated carbocycles. The maximum Gasteiger partial charge on any atom is 0.190 e. The van der Waals surface area contributed by atoms with E-state index in [9.17, 15) is 4.39 Å². The molecule has 1 aromatic carbocycles. The van der Waals surface area contributed by atoms with Gasteiger partial charge in [-0.05, 0) is 18.2 Å². The standard InChI is InChI=1S/C9H5BrClFN2O/c10-4-1-2-5(6(12)3-4)8-7(11)9(13)14-15-8/h1-3H,(H2,13,14). The summed E-state index contributed by atoms with van der Waals surface area (Å²) in [6, 6.07) is 4.52. The van der Waals surface area contributed by atoms with Gasteiger partial charge in [-0.25, -0.2) is 4.39 Å². The topological polar surface area (TPSA) is 52.0 Å². The summed E-state index contributed by atoms with van der Waals surface area (Å²) in [5, 5.41) is 3.57. The highest BCUT2D eigenvalue weighted by molar-refractivity contribution is 9.10. The van der Waals surface area contributed by atoms with E-state index in [2.05, 4.69) is 21.1 Å². The van der Waals surface area contributed by atoms with Crippen LogP contribution in [0.5, 0.6) is 0 Å². The molecule has 0 radical (unpaired) electrons. The van der Waals surface area contributed by atoms with Crippen molar-refractivity contribution in [1.29, 1.82) is 0 Å². The number of nitrogen functional groups attached to an aromatic ring is 1. The SMILES string of the molecule is Nc1noc(-c2ccc(Br)cc2F)c1Cl. The van der Waals surface area contributed by atoms with Crippen molar-refractivity contribution in [1.82, 2.24) is 5.16 Å². The van der Waals surface area contributed by atoms with Crippen LogP contribution in [0.15, 0.2) is 27.2 Å². The summed E-state index contributed by atoms with van der Waals surface area (Å²) in [6.45, 7) is 0. The third kappa shape index (κ3) is 1.85. The maximum absolute atomic E-state index is 13.5. The number of anilines is 1. The predicted octanol–water partition coefficient (Wildman–Crippen LogP) is 3.48. The van der Waals surface area contributed by atoms with Gasteiger partial charge in [-0.15, -0.1) is 0 Å². The van der Waals surface area contributed by atoms with Crippen LogP contribution < -0.4 is 5.73 Å². The van der Waals surface area contributed by atoms with E-state index in [0.717, 1.165) is 0 Å². The van der Waals surface area contributed by atoms with Crippen molar-refractivity contribution in [3.05, 3.63) is 33.5 Å². The molecular formula is C9H5BrClFN2O. The van der Waals surface area contributed by atoms with Crippen LogP contribution in [0.2, 0.25) is 5.02 Å². The van der Waals surface area contributed by atoms with Gasteiger partial charge in [0.1, 0.15) is 10.8 Å². The van der Waals surface area contributed by atoms with E-state index < -0.39 is 5.82 Å². The second kappa shape index (κ2) is 3.83. The first-order valence-corrected chi connectivity index (χ1v) is 5.12. The number of nitrogens with two attached hydrogens (primary N) is 1. The zero-order valence-corrected chi connectivity index (χ0v) is 9.64. The fourth-order valence-electron chi connectivity index (χ4n) is 1.13. The van der Waals surface area contributed by atoms with E-state index in [0.29, 0.717) is 4.47 Å². The Labute approximate surface area is 98.1 Å². The Morgan fingerprint density at radius 3 is 2.73 bits per heavy atom. The van der Waals surface area contributed by atoms with Crippen LogP contribution in [-0.4, -0.2) is 5.16 Å². The number of benzene rings is 1. The van der Waals surface area contributed by atoms with Crippen molar-refractivity contribution in [2.24, 2.45) is 0 Å². The van der Waals surface area contributed by atoms with Crippen molar-refractivity contribution in [3.8, 4) is 11.3 Å². The highest BCUT2D eigenvalue weighted by Crippen LogP contribution is 2.34. The average Bonchev–Trinajstić information content (AvgIpc) is 2.49. The van der Waals surface area contributed by atoms with Gasteiger partial charge in [-0.1, -0.05) is 32.7 Å². The van der Waals surface area contributed by atoms with Gasteiger partial charge in [0, 0.05) is 4.47 Å². The number of rotatable bonds is 1. The molecule has 0 fully saturated rings. The number of hydrogen-bond acceptors (Lipinski definition) is 3. The lowest BCUT2D eigenvalue weighted by Crippen LogP contribution is -1.85. The minimum absolute atomic E-state index is 0.0500. The summed E-state index contributed by atoms with van der Waals surface area (Å²) in [5.41, 5.74) is 5.62. The molecule has 0 bridgehead atoms. The van der Waals surface area contributed by atoms with Crippen LogP contribution in [0.1, 0.15) is 0 Å². The molecule has 0 aliphatic carbocycles. The van der Waals surface area contributed by atoms with Gasteiger partial charge in [0.05, 0.1) is 5.56 Å². The van der Waals surface area contributed by atoms with E-state index in [1.165, 1.54) is 12.1 Å². The lowest BCUT2D eigenvalue weighted by molar-refractivity contribution is 0.433. The van der Waals surface area contributed by atoms with E-state index >= 15 is 0 Å². The van der Waals surface area contributed by atoms with Crippen LogP contribution >= 0.6 is 27.5 Å². The Hall–Kier alpha value is -1.07. The minimum Gasteiger partial charge on any atom is -0.380 e. The summed E-state index contributed by atoms with van der Waals surface area (Å²) in [4.78, 5) is 0. The summed E-state index contributed by atoms with van der Waals surface area (Å²) in [5.74, 6) is -0.268. The van der Waals surface area contributed by atoms with Crippen LogP contribution in [-0.2, 0) is 0 Å². The Balaban J connectivity index is 2.59. The molecule has 2 N–H and O–H groups in total. The molecular weight excluding hydrogens is 286 g/mol. The molecule has 78 valence electrons. The highest BCUT2D eigenvalue weighted by Gasteiger charge is 2.17. The van der Waals surface area contributed by atoms with Gasteiger partial charge in [0.25, 0.3) is 0 Å².